The van der Waals surface area contributed by atoms with E-state index >= 15 is 0 Å². The van der Waals surface area contributed by atoms with Gasteiger partial charge in [-0.05, 0) is 55.7 Å². The minimum absolute atomic E-state index is 0.0994. The molecule has 1 saturated heterocycles. The Labute approximate surface area is 163 Å². The van der Waals surface area contributed by atoms with Gasteiger partial charge < -0.3 is 4.90 Å². The summed E-state index contributed by atoms with van der Waals surface area (Å²) in [7, 11) is 0. The lowest BCUT2D eigenvalue weighted by Crippen LogP contribution is -2.40. The van der Waals surface area contributed by atoms with E-state index in [0.29, 0.717) is 5.41 Å². The van der Waals surface area contributed by atoms with E-state index in [1.807, 2.05) is 30.5 Å². The molecule has 0 aliphatic carbocycles. The Hall–Kier alpha value is -2.16. The number of anilines is 1. The second kappa shape index (κ2) is 8.69. The third-order valence-electron chi connectivity index (χ3n) is 6.08. The number of piperidine rings is 1. The first-order chi connectivity index (χ1) is 13.1. The van der Waals surface area contributed by atoms with Crippen molar-refractivity contribution in [2.75, 3.05) is 18.0 Å². The maximum atomic E-state index is 11.4. The zero-order valence-electron chi connectivity index (χ0n) is 17.0. The summed E-state index contributed by atoms with van der Waals surface area (Å²) in [6.07, 6.45) is 9.81. The van der Waals surface area contributed by atoms with Crippen LogP contribution in [-0.2, 0) is 0 Å². The molecule has 3 nitrogen and oxygen atoms in total. The molecule has 1 aromatic heterocycles. The lowest BCUT2D eigenvalue weighted by atomic mass is 9.72. The first kappa shape index (κ1) is 19.6. The van der Waals surface area contributed by atoms with Crippen molar-refractivity contribution in [1.29, 1.82) is 0 Å². The van der Waals surface area contributed by atoms with Crippen LogP contribution in [0.2, 0.25) is 0 Å². The van der Waals surface area contributed by atoms with Crippen LogP contribution in [0, 0.1) is 5.41 Å². The van der Waals surface area contributed by atoms with Crippen molar-refractivity contribution in [3.05, 3.63) is 48.2 Å². The number of hydrogen-bond donors (Lipinski definition) is 0. The minimum atomic E-state index is 0.0994. The van der Waals surface area contributed by atoms with Gasteiger partial charge in [-0.3, -0.25) is 4.79 Å². The van der Waals surface area contributed by atoms with Crippen LogP contribution in [0.1, 0.15) is 69.7 Å². The molecule has 2 heterocycles. The van der Waals surface area contributed by atoms with Crippen LogP contribution < -0.4 is 4.90 Å². The Bertz CT molecular complexity index is 733. The van der Waals surface area contributed by atoms with Crippen LogP contribution in [0.3, 0.4) is 0 Å². The van der Waals surface area contributed by atoms with Gasteiger partial charge in [-0.15, -0.1) is 0 Å². The molecule has 27 heavy (non-hydrogen) atoms. The van der Waals surface area contributed by atoms with Crippen LogP contribution in [0.15, 0.2) is 42.6 Å². The van der Waals surface area contributed by atoms with Crippen molar-refractivity contribution in [2.24, 2.45) is 5.41 Å². The van der Waals surface area contributed by atoms with Crippen LogP contribution >= 0.6 is 0 Å². The van der Waals surface area contributed by atoms with Crippen molar-refractivity contribution in [2.45, 2.75) is 59.3 Å². The number of pyridine rings is 1. The largest absolute Gasteiger partial charge is 0.357 e. The number of Topliss-reactive ketones (excluding diaryl/α,β-unsaturated/α-hetero) is 1. The maximum Gasteiger partial charge on any atom is 0.159 e. The predicted octanol–water partition coefficient (Wildman–Crippen LogP) is 6.14. The third-order valence-corrected chi connectivity index (χ3v) is 6.08. The molecule has 0 atom stereocenters. The van der Waals surface area contributed by atoms with Gasteiger partial charge in [0, 0.05) is 30.4 Å². The van der Waals surface area contributed by atoms with Crippen molar-refractivity contribution < 1.29 is 4.79 Å². The molecule has 1 aromatic carbocycles. The molecule has 3 heteroatoms. The molecule has 1 fully saturated rings. The van der Waals surface area contributed by atoms with Gasteiger partial charge >= 0.3 is 0 Å². The molecular weight excluding hydrogens is 332 g/mol. The molecule has 0 N–H and O–H groups in total. The lowest BCUT2D eigenvalue weighted by Gasteiger charge is -2.42. The second-order valence-corrected chi connectivity index (χ2v) is 8.03. The number of carbonyl (C=O) groups excluding carboxylic acids is 1. The summed E-state index contributed by atoms with van der Waals surface area (Å²) >= 11 is 0. The quantitative estimate of drug-likeness (QED) is 0.553. The SMILES string of the molecule is CCCC1(CCC)CCN(c2ccc(-c3ccc(C(C)=O)cc3)cn2)CC1. The summed E-state index contributed by atoms with van der Waals surface area (Å²) in [5.74, 6) is 1.18. The number of ketones is 1. The van der Waals surface area contributed by atoms with Gasteiger partial charge in [-0.25, -0.2) is 4.98 Å². The van der Waals surface area contributed by atoms with E-state index in [9.17, 15) is 4.79 Å². The maximum absolute atomic E-state index is 11.4. The highest BCUT2D eigenvalue weighted by Crippen LogP contribution is 2.41. The molecule has 1 aliphatic rings. The molecule has 3 rings (SSSR count). The Morgan fingerprint density at radius 2 is 1.56 bits per heavy atom. The second-order valence-electron chi connectivity index (χ2n) is 8.03. The molecule has 2 aromatic rings. The monoisotopic (exact) mass is 364 g/mol. The van der Waals surface area contributed by atoms with Crippen LogP contribution in [-0.4, -0.2) is 23.9 Å². The highest BCUT2D eigenvalue weighted by atomic mass is 16.1. The van der Waals surface area contributed by atoms with E-state index in [1.54, 1.807) is 6.92 Å². The number of nitrogens with zero attached hydrogens (tertiary/aromatic N) is 2. The minimum Gasteiger partial charge on any atom is -0.357 e. The van der Waals surface area contributed by atoms with Gasteiger partial charge in [-0.2, -0.15) is 0 Å². The van der Waals surface area contributed by atoms with Crippen molar-refractivity contribution >= 4 is 11.6 Å². The zero-order chi connectivity index (χ0) is 19.3. The Morgan fingerprint density at radius 3 is 2.04 bits per heavy atom. The van der Waals surface area contributed by atoms with Gasteiger partial charge in [0.1, 0.15) is 5.82 Å². The summed E-state index contributed by atoms with van der Waals surface area (Å²) in [5.41, 5.74) is 3.50. The fourth-order valence-corrected chi connectivity index (χ4v) is 4.54. The molecule has 1 aliphatic heterocycles. The Morgan fingerprint density at radius 1 is 0.963 bits per heavy atom. The standard InChI is InChI=1S/C24H32N2O/c1-4-12-24(13-5-2)14-16-26(17-15-24)23-11-10-22(18-25-23)21-8-6-20(7-9-21)19(3)27/h6-11,18H,4-5,12-17H2,1-3H3. The topological polar surface area (TPSA) is 33.2 Å². The average molecular weight is 365 g/mol. The number of aromatic nitrogens is 1. The van der Waals surface area contributed by atoms with E-state index in [-0.39, 0.29) is 5.78 Å². The fourth-order valence-electron chi connectivity index (χ4n) is 4.54. The van der Waals surface area contributed by atoms with E-state index < -0.39 is 0 Å². The summed E-state index contributed by atoms with van der Waals surface area (Å²) in [4.78, 5) is 18.6. The zero-order valence-corrected chi connectivity index (χ0v) is 17.0. The van der Waals surface area contributed by atoms with E-state index in [2.05, 4.69) is 30.9 Å². The summed E-state index contributed by atoms with van der Waals surface area (Å²) < 4.78 is 0. The Kier molecular flexibility index (Phi) is 6.30. The fraction of sp³-hybridized carbons (Fsp3) is 0.500. The van der Waals surface area contributed by atoms with Gasteiger partial charge in [0.2, 0.25) is 0 Å². The first-order valence-corrected chi connectivity index (χ1v) is 10.4. The molecule has 0 bridgehead atoms. The van der Waals surface area contributed by atoms with Crippen LogP contribution in [0.5, 0.6) is 0 Å². The highest BCUT2D eigenvalue weighted by molar-refractivity contribution is 5.94. The van der Waals surface area contributed by atoms with E-state index in [4.69, 9.17) is 4.98 Å². The molecule has 0 unspecified atom stereocenters. The summed E-state index contributed by atoms with van der Waals surface area (Å²) in [6.45, 7) is 8.44. The summed E-state index contributed by atoms with van der Waals surface area (Å²) in [6, 6.07) is 12.1. The Balaban J connectivity index is 1.66. The number of benzene rings is 1. The van der Waals surface area contributed by atoms with Crippen molar-refractivity contribution in [3.63, 3.8) is 0 Å². The smallest absolute Gasteiger partial charge is 0.159 e. The van der Waals surface area contributed by atoms with Crippen molar-refractivity contribution in [1.82, 2.24) is 4.98 Å². The molecule has 0 radical (unpaired) electrons. The molecule has 0 spiro atoms. The van der Waals surface area contributed by atoms with Gasteiger partial charge in [0.05, 0.1) is 0 Å². The van der Waals surface area contributed by atoms with Crippen LogP contribution in [0.4, 0.5) is 5.82 Å². The van der Waals surface area contributed by atoms with Crippen molar-refractivity contribution in [3.8, 4) is 11.1 Å². The molecular formula is C24H32N2O. The van der Waals surface area contributed by atoms with Gasteiger partial charge in [0.15, 0.2) is 5.78 Å². The average Bonchev–Trinajstić information content (AvgIpc) is 2.69. The normalized spacial score (nSPS) is 16.3. The number of carbonyl (C=O) groups is 1. The highest BCUT2D eigenvalue weighted by Gasteiger charge is 2.33. The third kappa shape index (κ3) is 4.58. The predicted molar refractivity (Wildman–Crippen MR) is 113 cm³/mol. The number of rotatable bonds is 7. The molecule has 0 amide bonds. The molecule has 144 valence electrons. The first-order valence-electron chi connectivity index (χ1n) is 10.4. The lowest BCUT2D eigenvalue weighted by molar-refractivity contribution is 0.101. The van der Waals surface area contributed by atoms with Gasteiger partial charge in [-0.1, -0.05) is 51.0 Å². The number of hydrogen-bond acceptors (Lipinski definition) is 3. The van der Waals surface area contributed by atoms with E-state index in [1.165, 1.54) is 38.5 Å². The summed E-state index contributed by atoms with van der Waals surface area (Å²) in [5, 5.41) is 0. The molecule has 0 saturated carbocycles. The van der Waals surface area contributed by atoms with Gasteiger partial charge in [0.25, 0.3) is 0 Å². The van der Waals surface area contributed by atoms with E-state index in [0.717, 1.165) is 35.6 Å². The van der Waals surface area contributed by atoms with Crippen LogP contribution in [0.25, 0.3) is 11.1 Å².